The first-order chi connectivity index (χ1) is 16.3. The molecule has 1 aliphatic heterocycles. The van der Waals surface area contributed by atoms with Crippen molar-refractivity contribution in [1.29, 1.82) is 0 Å². The number of carbonyl (C=O) groups is 3. The zero-order valence-electron chi connectivity index (χ0n) is 18.9. The van der Waals surface area contributed by atoms with Gasteiger partial charge in [-0.2, -0.15) is 0 Å². The van der Waals surface area contributed by atoms with E-state index in [-0.39, 0.29) is 24.2 Å². The molecule has 7 heteroatoms. The number of anilines is 1. The molecule has 0 spiro atoms. The van der Waals surface area contributed by atoms with E-state index in [9.17, 15) is 14.4 Å². The van der Waals surface area contributed by atoms with Crippen molar-refractivity contribution in [2.24, 2.45) is 0 Å². The summed E-state index contributed by atoms with van der Waals surface area (Å²) in [6.07, 6.45) is 0.701. The van der Waals surface area contributed by atoms with Crippen molar-refractivity contribution in [2.45, 2.75) is 32.6 Å². The maximum absolute atomic E-state index is 12.6. The average Bonchev–Trinajstić information content (AvgIpc) is 3.08. The van der Waals surface area contributed by atoms with Crippen molar-refractivity contribution >= 4 is 39.4 Å². The maximum Gasteiger partial charge on any atom is 0.311 e. The zero-order valence-corrected chi connectivity index (χ0v) is 20.5. The SMILES string of the molecule is CC(C)c1ccc(OCCCC(=O)Oc2ccc(N3C(=O)c4ccccc4C3=O)cc2)c(Br)c1. The summed E-state index contributed by atoms with van der Waals surface area (Å²) in [4.78, 5) is 38.5. The Labute approximate surface area is 206 Å². The summed E-state index contributed by atoms with van der Waals surface area (Å²) < 4.78 is 12.0. The molecule has 2 amide bonds. The molecule has 3 aromatic carbocycles. The number of benzene rings is 3. The number of carbonyl (C=O) groups excluding carboxylic acids is 3. The van der Waals surface area contributed by atoms with Crippen LogP contribution in [0.3, 0.4) is 0 Å². The lowest BCUT2D eigenvalue weighted by Crippen LogP contribution is -2.29. The van der Waals surface area contributed by atoms with E-state index in [0.717, 1.165) is 15.1 Å². The van der Waals surface area contributed by atoms with Crippen molar-refractivity contribution in [3.63, 3.8) is 0 Å². The van der Waals surface area contributed by atoms with Gasteiger partial charge in [0.1, 0.15) is 11.5 Å². The topological polar surface area (TPSA) is 72.9 Å². The molecule has 0 aliphatic carbocycles. The third-order valence-electron chi connectivity index (χ3n) is 5.53. The Balaban J connectivity index is 1.27. The van der Waals surface area contributed by atoms with Crippen LogP contribution in [0, 0.1) is 0 Å². The molecule has 0 unspecified atom stereocenters. The number of fused-ring (bicyclic) bond motifs is 1. The number of rotatable bonds is 8. The Morgan fingerprint density at radius 2 is 1.59 bits per heavy atom. The summed E-state index contributed by atoms with van der Waals surface area (Å²) in [7, 11) is 0. The van der Waals surface area contributed by atoms with Gasteiger partial charge < -0.3 is 9.47 Å². The van der Waals surface area contributed by atoms with Crippen LogP contribution in [0.15, 0.2) is 71.2 Å². The Kier molecular flexibility index (Phi) is 7.12. The number of imide groups is 1. The number of esters is 1. The maximum atomic E-state index is 12.6. The van der Waals surface area contributed by atoms with Crippen LogP contribution in [0.1, 0.15) is 58.9 Å². The van der Waals surface area contributed by atoms with E-state index in [2.05, 4.69) is 29.8 Å². The normalized spacial score (nSPS) is 12.8. The van der Waals surface area contributed by atoms with Gasteiger partial charge in [-0.1, -0.05) is 32.0 Å². The molecule has 4 rings (SSSR count). The van der Waals surface area contributed by atoms with Gasteiger partial charge in [-0.3, -0.25) is 14.4 Å². The van der Waals surface area contributed by atoms with Crippen molar-refractivity contribution in [3.05, 3.63) is 87.9 Å². The number of hydrogen-bond donors (Lipinski definition) is 0. The Hall–Kier alpha value is -3.45. The highest BCUT2D eigenvalue weighted by atomic mass is 79.9. The summed E-state index contributed by atoms with van der Waals surface area (Å²) in [5, 5.41) is 0. The summed E-state index contributed by atoms with van der Waals surface area (Å²) in [5.41, 5.74) is 2.41. The van der Waals surface area contributed by atoms with Crippen LogP contribution in [-0.2, 0) is 4.79 Å². The minimum Gasteiger partial charge on any atom is -0.492 e. The lowest BCUT2D eigenvalue weighted by Gasteiger charge is -2.14. The van der Waals surface area contributed by atoms with Crippen LogP contribution in [0.5, 0.6) is 11.5 Å². The number of nitrogens with zero attached hydrogens (tertiary/aromatic N) is 1. The van der Waals surface area contributed by atoms with Crippen LogP contribution < -0.4 is 14.4 Å². The molecule has 0 fully saturated rings. The molecule has 1 aliphatic rings. The fourth-order valence-electron chi connectivity index (χ4n) is 3.66. The van der Waals surface area contributed by atoms with Crippen LogP contribution in [0.2, 0.25) is 0 Å². The highest BCUT2D eigenvalue weighted by Crippen LogP contribution is 2.30. The second kappa shape index (κ2) is 10.2. The fraction of sp³-hybridized carbons (Fsp3) is 0.222. The van der Waals surface area contributed by atoms with Gasteiger partial charge in [0.2, 0.25) is 0 Å². The lowest BCUT2D eigenvalue weighted by atomic mass is 10.0. The minimum atomic E-state index is -0.383. The molecule has 0 N–H and O–H groups in total. The monoisotopic (exact) mass is 521 g/mol. The highest BCUT2D eigenvalue weighted by Gasteiger charge is 2.36. The molecular weight excluding hydrogens is 498 g/mol. The van der Waals surface area contributed by atoms with Crippen LogP contribution in [0.4, 0.5) is 5.69 Å². The first kappa shape index (κ1) is 23.7. The molecule has 3 aromatic rings. The van der Waals surface area contributed by atoms with E-state index in [1.807, 2.05) is 18.2 Å². The first-order valence-electron chi connectivity index (χ1n) is 11.1. The standard InChI is InChI=1S/C27H24BrNO5/c1-17(2)18-9-14-24(23(28)16-18)33-15-5-8-25(30)34-20-12-10-19(11-13-20)29-26(31)21-6-3-4-7-22(21)27(29)32/h3-4,6-7,9-14,16-17H,5,8,15H2,1-2H3. The van der Waals surface area contributed by atoms with E-state index in [1.165, 1.54) is 5.56 Å². The van der Waals surface area contributed by atoms with E-state index < -0.39 is 0 Å². The number of halogens is 1. The molecule has 0 aromatic heterocycles. The van der Waals surface area contributed by atoms with Crippen molar-refractivity contribution < 1.29 is 23.9 Å². The molecule has 34 heavy (non-hydrogen) atoms. The molecular formula is C27H24BrNO5. The van der Waals surface area contributed by atoms with Crippen molar-refractivity contribution in [3.8, 4) is 11.5 Å². The Morgan fingerprint density at radius 1 is 0.941 bits per heavy atom. The van der Waals surface area contributed by atoms with Crippen molar-refractivity contribution in [2.75, 3.05) is 11.5 Å². The van der Waals surface area contributed by atoms with Gasteiger partial charge in [0.25, 0.3) is 11.8 Å². The predicted octanol–water partition coefficient (Wildman–Crippen LogP) is 6.14. The Morgan fingerprint density at radius 3 is 2.18 bits per heavy atom. The van der Waals surface area contributed by atoms with Gasteiger partial charge in [-0.15, -0.1) is 0 Å². The van der Waals surface area contributed by atoms with Crippen LogP contribution in [-0.4, -0.2) is 24.4 Å². The highest BCUT2D eigenvalue weighted by molar-refractivity contribution is 9.10. The van der Waals surface area contributed by atoms with Gasteiger partial charge in [0.05, 0.1) is 27.9 Å². The Bertz CT molecular complexity index is 1200. The predicted molar refractivity (Wildman–Crippen MR) is 133 cm³/mol. The fourth-order valence-corrected chi connectivity index (χ4v) is 4.17. The quantitative estimate of drug-likeness (QED) is 0.154. The number of hydrogen-bond acceptors (Lipinski definition) is 5. The molecule has 6 nitrogen and oxygen atoms in total. The van der Waals surface area contributed by atoms with E-state index in [4.69, 9.17) is 9.47 Å². The van der Waals surface area contributed by atoms with Gasteiger partial charge in [0, 0.05) is 6.42 Å². The van der Waals surface area contributed by atoms with Gasteiger partial charge >= 0.3 is 5.97 Å². The van der Waals surface area contributed by atoms with Gasteiger partial charge in [0.15, 0.2) is 0 Å². The molecule has 0 radical (unpaired) electrons. The lowest BCUT2D eigenvalue weighted by molar-refractivity contribution is -0.134. The first-order valence-corrected chi connectivity index (χ1v) is 11.8. The molecule has 0 bridgehead atoms. The van der Waals surface area contributed by atoms with E-state index >= 15 is 0 Å². The second-order valence-electron chi connectivity index (χ2n) is 8.26. The van der Waals surface area contributed by atoms with Crippen LogP contribution in [0.25, 0.3) is 0 Å². The van der Waals surface area contributed by atoms with Gasteiger partial charge in [-0.05, 0) is 82.4 Å². The van der Waals surface area contributed by atoms with E-state index in [0.29, 0.717) is 41.5 Å². The third-order valence-corrected chi connectivity index (χ3v) is 6.15. The minimum absolute atomic E-state index is 0.196. The molecule has 0 atom stereocenters. The zero-order chi connectivity index (χ0) is 24.2. The smallest absolute Gasteiger partial charge is 0.311 e. The number of ether oxygens (including phenoxy) is 2. The summed E-state index contributed by atoms with van der Waals surface area (Å²) >= 11 is 3.52. The molecule has 174 valence electrons. The average molecular weight is 522 g/mol. The molecule has 0 saturated heterocycles. The number of amides is 2. The molecule has 0 saturated carbocycles. The largest absolute Gasteiger partial charge is 0.492 e. The third kappa shape index (κ3) is 5.04. The second-order valence-corrected chi connectivity index (χ2v) is 9.11. The van der Waals surface area contributed by atoms with Gasteiger partial charge in [-0.25, -0.2) is 4.90 Å². The summed E-state index contributed by atoms with van der Waals surface area (Å²) in [6, 6.07) is 19.0. The van der Waals surface area contributed by atoms with Crippen molar-refractivity contribution in [1.82, 2.24) is 0 Å². The van der Waals surface area contributed by atoms with Crippen LogP contribution >= 0.6 is 15.9 Å². The summed E-state index contributed by atoms with van der Waals surface area (Å²) in [6.45, 7) is 4.64. The van der Waals surface area contributed by atoms with E-state index in [1.54, 1.807) is 48.5 Å². The molecule has 1 heterocycles. The summed E-state index contributed by atoms with van der Waals surface area (Å²) in [5.74, 6) is 0.402.